The molecule has 0 aliphatic heterocycles. The van der Waals surface area contributed by atoms with Crippen LogP contribution in [-0.2, 0) is 0 Å². The molecule has 1 aliphatic carbocycles. The average Bonchev–Trinajstić information content (AvgIpc) is 2.37. The Morgan fingerprint density at radius 3 is 2.95 bits per heavy atom. The van der Waals surface area contributed by atoms with Crippen LogP contribution in [-0.4, -0.2) is 16.9 Å². The standard InChI is InChI=1S/C14H22N4O/c1-14(2)8-4-5-10(9-14)16-13(19)11-6-3-7-12(17-11)18-15/h3,6-7,10H,4-5,8-9,15H2,1-2H3,(H,16,19)(H,17,18). The van der Waals surface area contributed by atoms with E-state index in [0.717, 1.165) is 19.3 Å². The Labute approximate surface area is 114 Å². The van der Waals surface area contributed by atoms with Gasteiger partial charge in [-0.3, -0.25) is 4.79 Å². The Balaban J connectivity index is 2.00. The Bertz CT molecular complexity index is 459. The molecule has 1 atom stereocenters. The van der Waals surface area contributed by atoms with Crippen molar-refractivity contribution in [2.45, 2.75) is 45.6 Å². The number of hydrogen-bond acceptors (Lipinski definition) is 4. The van der Waals surface area contributed by atoms with E-state index in [2.05, 4.69) is 29.6 Å². The van der Waals surface area contributed by atoms with Gasteiger partial charge in [-0.05, 0) is 36.8 Å². The Kier molecular flexibility index (Phi) is 4.04. The van der Waals surface area contributed by atoms with Gasteiger partial charge >= 0.3 is 0 Å². The first-order valence-electron chi connectivity index (χ1n) is 6.75. The van der Waals surface area contributed by atoms with Crippen molar-refractivity contribution in [3.63, 3.8) is 0 Å². The zero-order valence-corrected chi connectivity index (χ0v) is 11.6. The lowest BCUT2D eigenvalue weighted by Crippen LogP contribution is -2.41. The van der Waals surface area contributed by atoms with E-state index in [4.69, 9.17) is 5.84 Å². The summed E-state index contributed by atoms with van der Waals surface area (Å²) in [5.74, 6) is 5.67. The van der Waals surface area contributed by atoms with E-state index in [9.17, 15) is 4.79 Å². The molecule has 1 unspecified atom stereocenters. The van der Waals surface area contributed by atoms with Crippen LogP contribution < -0.4 is 16.6 Å². The molecule has 2 rings (SSSR count). The number of pyridine rings is 1. The van der Waals surface area contributed by atoms with Gasteiger partial charge in [0, 0.05) is 6.04 Å². The summed E-state index contributed by atoms with van der Waals surface area (Å²) in [7, 11) is 0. The number of anilines is 1. The van der Waals surface area contributed by atoms with Crippen LogP contribution >= 0.6 is 0 Å². The van der Waals surface area contributed by atoms with E-state index in [1.165, 1.54) is 6.42 Å². The van der Waals surface area contributed by atoms with Crippen LogP contribution in [0.3, 0.4) is 0 Å². The van der Waals surface area contributed by atoms with E-state index in [1.54, 1.807) is 18.2 Å². The van der Waals surface area contributed by atoms with Gasteiger partial charge in [-0.15, -0.1) is 0 Å². The second-order valence-electron chi connectivity index (χ2n) is 5.98. The van der Waals surface area contributed by atoms with Gasteiger partial charge in [0.25, 0.3) is 5.91 Å². The van der Waals surface area contributed by atoms with E-state index in [-0.39, 0.29) is 11.9 Å². The van der Waals surface area contributed by atoms with Crippen LogP contribution in [0.15, 0.2) is 18.2 Å². The zero-order valence-electron chi connectivity index (χ0n) is 11.6. The molecule has 0 aromatic carbocycles. The summed E-state index contributed by atoms with van der Waals surface area (Å²) in [6.45, 7) is 4.51. The first kappa shape index (κ1) is 13.8. The van der Waals surface area contributed by atoms with Crippen molar-refractivity contribution in [1.82, 2.24) is 10.3 Å². The van der Waals surface area contributed by atoms with Gasteiger partial charge in [0.05, 0.1) is 0 Å². The van der Waals surface area contributed by atoms with E-state index in [0.29, 0.717) is 16.9 Å². The Morgan fingerprint density at radius 2 is 2.26 bits per heavy atom. The maximum absolute atomic E-state index is 12.1. The fourth-order valence-corrected chi connectivity index (χ4v) is 2.72. The van der Waals surface area contributed by atoms with Gasteiger partial charge in [0.1, 0.15) is 11.5 Å². The molecule has 4 N–H and O–H groups in total. The molecular formula is C14H22N4O. The van der Waals surface area contributed by atoms with Gasteiger partial charge in [-0.25, -0.2) is 10.8 Å². The predicted octanol–water partition coefficient (Wildman–Crippen LogP) is 2.07. The molecule has 1 aromatic rings. The Hall–Kier alpha value is -1.62. The van der Waals surface area contributed by atoms with Gasteiger partial charge in [0.2, 0.25) is 0 Å². The number of nitrogen functional groups attached to an aromatic ring is 1. The monoisotopic (exact) mass is 262 g/mol. The van der Waals surface area contributed by atoms with Crippen molar-refractivity contribution < 1.29 is 4.79 Å². The molecule has 1 heterocycles. The SMILES string of the molecule is CC1(C)CCCC(NC(=O)c2cccc(NN)n2)C1. The van der Waals surface area contributed by atoms with Crippen molar-refractivity contribution in [3.05, 3.63) is 23.9 Å². The number of carbonyl (C=O) groups excluding carboxylic acids is 1. The van der Waals surface area contributed by atoms with Crippen molar-refractivity contribution in [3.8, 4) is 0 Å². The maximum atomic E-state index is 12.1. The molecule has 1 aromatic heterocycles. The van der Waals surface area contributed by atoms with Gasteiger partial charge < -0.3 is 10.7 Å². The van der Waals surface area contributed by atoms with Crippen molar-refractivity contribution in [2.75, 3.05) is 5.43 Å². The van der Waals surface area contributed by atoms with E-state index in [1.807, 2.05) is 0 Å². The molecule has 19 heavy (non-hydrogen) atoms. The molecule has 5 heteroatoms. The van der Waals surface area contributed by atoms with Gasteiger partial charge in [0.15, 0.2) is 0 Å². The smallest absolute Gasteiger partial charge is 0.270 e. The lowest BCUT2D eigenvalue weighted by Gasteiger charge is -2.35. The summed E-state index contributed by atoms with van der Waals surface area (Å²) >= 11 is 0. The third kappa shape index (κ3) is 3.67. The first-order chi connectivity index (χ1) is 9.00. The van der Waals surface area contributed by atoms with Crippen LogP contribution in [0.1, 0.15) is 50.0 Å². The predicted molar refractivity (Wildman–Crippen MR) is 75.6 cm³/mol. The molecule has 1 amide bonds. The number of hydrogen-bond donors (Lipinski definition) is 3. The quantitative estimate of drug-likeness (QED) is 0.575. The number of hydrazine groups is 1. The van der Waals surface area contributed by atoms with Crippen LogP contribution in [0.4, 0.5) is 5.82 Å². The van der Waals surface area contributed by atoms with Gasteiger partial charge in [-0.2, -0.15) is 0 Å². The second-order valence-corrected chi connectivity index (χ2v) is 5.98. The van der Waals surface area contributed by atoms with Crippen LogP contribution in [0, 0.1) is 5.41 Å². The minimum Gasteiger partial charge on any atom is -0.348 e. The minimum atomic E-state index is -0.125. The maximum Gasteiger partial charge on any atom is 0.270 e. The number of nitrogens with zero attached hydrogens (tertiary/aromatic N) is 1. The van der Waals surface area contributed by atoms with Crippen molar-refractivity contribution in [1.29, 1.82) is 0 Å². The van der Waals surface area contributed by atoms with E-state index < -0.39 is 0 Å². The van der Waals surface area contributed by atoms with Crippen molar-refractivity contribution >= 4 is 11.7 Å². The highest BCUT2D eigenvalue weighted by atomic mass is 16.1. The fraction of sp³-hybridized carbons (Fsp3) is 0.571. The molecular weight excluding hydrogens is 240 g/mol. The van der Waals surface area contributed by atoms with Crippen molar-refractivity contribution in [2.24, 2.45) is 11.3 Å². The lowest BCUT2D eigenvalue weighted by molar-refractivity contribution is 0.0897. The molecule has 1 saturated carbocycles. The molecule has 0 bridgehead atoms. The number of rotatable bonds is 3. The molecule has 104 valence electrons. The summed E-state index contributed by atoms with van der Waals surface area (Å²) < 4.78 is 0. The fourth-order valence-electron chi connectivity index (χ4n) is 2.72. The minimum absolute atomic E-state index is 0.125. The largest absolute Gasteiger partial charge is 0.348 e. The molecule has 1 fully saturated rings. The molecule has 0 spiro atoms. The lowest BCUT2D eigenvalue weighted by atomic mass is 9.75. The first-order valence-corrected chi connectivity index (χ1v) is 6.75. The summed E-state index contributed by atoms with van der Waals surface area (Å²) in [6, 6.07) is 5.43. The average molecular weight is 262 g/mol. The highest BCUT2D eigenvalue weighted by molar-refractivity contribution is 5.92. The normalized spacial score (nSPS) is 21.7. The summed E-state index contributed by atoms with van der Waals surface area (Å²) in [5.41, 5.74) is 3.16. The van der Waals surface area contributed by atoms with Crippen LogP contribution in [0.5, 0.6) is 0 Å². The number of nitrogens with one attached hydrogen (secondary N) is 2. The second kappa shape index (κ2) is 5.57. The summed E-state index contributed by atoms with van der Waals surface area (Å²) in [4.78, 5) is 16.3. The van der Waals surface area contributed by atoms with Gasteiger partial charge in [-0.1, -0.05) is 26.3 Å². The number of nitrogens with two attached hydrogens (primary N) is 1. The molecule has 1 aliphatic rings. The highest BCUT2D eigenvalue weighted by Gasteiger charge is 2.29. The molecule has 0 radical (unpaired) electrons. The Morgan fingerprint density at radius 1 is 1.47 bits per heavy atom. The number of amides is 1. The van der Waals surface area contributed by atoms with Crippen LogP contribution in [0.2, 0.25) is 0 Å². The number of aromatic nitrogens is 1. The summed E-state index contributed by atoms with van der Waals surface area (Å²) in [5, 5.41) is 3.07. The molecule has 5 nitrogen and oxygen atoms in total. The topological polar surface area (TPSA) is 80.0 Å². The third-order valence-electron chi connectivity index (χ3n) is 3.67. The highest BCUT2D eigenvalue weighted by Crippen LogP contribution is 2.35. The number of carbonyl (C=O) groups is 1. The zero-order chi connectivity index (χ0) is 13.9. The van der Waals surface area contributed by atoms with E-state index >= 15 is 0 Å². The third-order valence-corrected chi connectivity index (χ3v) is 3.67. The van der Waals surface area contributed by atoms with Crippen LogP contribution in [0.25, 0.3) is 0 Å². The summed E-state index contributed by atoms with van der Waals surface area (Å²) in [6.07, 6.45) is 4.46. The molecule has 0 saturated heterocycles.